The van der Waals surface area contributed by atoms with Gasteiger partial charge in [0.2, 0.25) is 0 Å². The Morgan fingerprint density at radius 1 is 0.909 bits per heavy atom. The topological polar surface area (TPSA) is 40.5 Å². The molecule has 0 aromatic rings. The van der Waals surface area contributed by atoms with Crippen LogP contribution in [0.5, 0.6) is 0 Å². The van der Waals surface area contributed by atoms with Gasteiger partial charge in [0, 0.05) is 0 Å². The molecule has 11 heavy (non-hydrogen) atoms. The number of hydrogen-bond donors (Lipinski definition) is 2. The van der Waals surface area contributed by atoms with Crippen molar-refractivity contribution in [3.8, 4) is 0 Å². The molecule has 0 atom stereocenters. The van der Waals surface area contributed by atoms with Crippen molar-refractivity contribution in [2.45, 2.75) is 51.6 Å². The van der Waals surface area contributed by atoms with E-state index in [0.717, 1.165) is 25.7 Å². The lowest BCUT2D eigenvalue weighted by Gasteiger charge is -2.16. The summed E-state index contributed by atoms with van der Waals surface area (Å²) in [6.07, 6.45) is 4.04. The van der Waals surface area contributed by atoms with Gasteiger partial charge in [0.15, 0.2) is 0 Å². The minimum atomic E-state index is -2.75. The maximum atomic E-state index is 9.47. The first-order valence-corrected chi connectivity index (χ1v) is 6.88. The van der Waals surface area contributed by atoms with E-state index in [1.807, 2.05) is 0 Å². The normalized spacial score (nSPS) is 12.0. The van der Waals surface area contributed by atoms with Gasteiger partial charge in [0.25, 0.3) is 0 Å². The molecular weight excluding hydrogens is 156 g/mol. The fourth-order valence-electron chi connectivity index (χ4n) is 1.04. The maximum Gasteiger partial charge on any atom is 0.332 e. The lowest BCUT2D eigenvalue weighted by atomic mass is 10.4. The highest BCUT2D eigenvalue weighted by Crippen LogP contribution is 2.15. The first-order valence-electron chi connectivity index (χ1n) is 4.57. The molecular formula is C8H20O2Si. The second kappa shape index (κ2) is 5.74. The van der Waals surface area contributed by atoms with Gasteiger partial charge in [-0.05, 0) is 12.1 Å². The van der Waals surface area contributed by atoms with Crippen molar-refractivity contribution >= 4 is 8.56 Å². The van der Waals surface area contributed by atoms with Crippen LogP contribution in [-0.4, -0.2) is 18.2 Å². The molecule has 68 valence electrons. The van der Waals surface area contributed by atoms with E-state index in [-0.39, 0.29) is 0 Å². The molecule has 0 heterocycles. The van der Waals surface area contributed by atoms with Gasteiger partial charge >= 0.3 is 8.56 Å². The molecule has 0 rings (SSSR count). The van der Waals surface area contributed by atoms with Gasteiger partial charge in [-0.15, -0.1) is 0 Å². The summed E-state index contributed by atoms with van der Waals surface area (Å²) in [5.74, 6) is 0. The Labute approximate surface area is 70.5 Å². The number of rotatable bonds is 6. The zero-order valence-corrected chi connectivity index (χ0v) is 8.64. The van der Waals surface area contributed by atoms with Gasteiger partial charge in [0.05, 0.1) is 0 Å². The van der Waals surface area contributed by atoms with Crippen LogP contribution in [0, 0.1) is 0 Å². The predicted octanol–water partition coefficient (Wildman–Crippen LogP) is 2.01. The van der Waals surface area contributed by atoms with Crippen LogP contribution >= 0.6 is 0 Å². The minimum absolute atomic E-state index is 0.656. The third-order valence-electron chi connectivity index (χ3n) is 1.86. The molecule has 0 amide bonds. The second-order valence-electron chi connectivity index (χ2n) is 3.19. The summed E-state index contributed by atoms with van der Waals surface area (Å²) >= 11 is 0. The quantitative estimate of drug-likeness (QED) is 0.608. The smallest absolute Gasteiger partial charge is 0.332 e. The summed E-state index contributed by atoms with van der Waals surface area (Å²) in [7, 11) is -2.75. The number of hydrogen-bond acceptors (Lipinski definition) is 2. The summed E-state index contributed by atoms with van der Waals surface area (Å²) in [5, 5.41) is 0. The van der Waals surface area contributed by atoms with Crippen molar-refractivity contribution in [1.29, 1.82) is 0 Å². The van der Waals surface area contributed by atoms with Gasteiger partial charge in [-0.3, -0.25) is 0 Å². The Morgan fingerprint density at radius 2 is 1.27 bits per heavy atom. The fourth-order valence-corrected chi connectivity index (χ4v) is 3.13. The van der Waals surface area contributed by atoms with Gasteiger partial charge < -0.3 is 9.59 Å². The summed E-state index contributed by atoms with van der Waals surface area (Å²) in [6.45, 7) is 4.15. The number of unbranched alkanes of at least 4 members (excludes halogenated alkanes) is 2. The molecule has 0 fully saturated rings. The van der Waals surface area contributed by atoms with Crippen molar-refractivity contribution in [2.24, 2.45) is 0 Å². The molecule has 2 N–H and O–H groups in total. The molecule has 0 spiro atoms. The lowest BCUT2D eigenvalue weighted by molar-refractivity contribution is 0.352. The van der Waals surface area contributed by atoms with Crippen molar-refractivity contribution < 1.29 is 9.59 Å². The molecule has 0 saturated heterocycles. The summed E-state index contributed by atoms with van der Waals surface area (Å²) in [6, 6.07) is 1.31. The predicted molar refractivity (Wildman–Crippen MR) is 49.6 cm³/mol. The van der Waals surface area contributed by atoms with Crippen LogP contribution in [-0.2, 0) is 0 Å². The second-order valence-corrected chi connectivity index (χ2v) is 6.15. The molecule has 0 aromatic carbocycles. The monoisotopic (exact) mass is 176 g/mol. The Hall–Kier alpha value is 0.137. The van der Waals surface area contributed by atoms with Gasteiger partial charge in [-0.2, -0.15) is 0 Å². The van der Waals surface area contributed by atoms with Crippen LogP contribution in [0.2, 0.25) is 12.1 Å². The van der Waals surface area contributed by atoms with Crippen molar-refractivity contribution in [2.75, 3.05) is 0 Å². The highest BCUT2D eigenvalue weighted by molar-refractivity contribution is 6.64. The van der Waals surface area contributed by atoms with Crippen LogP contribution in [0.3, 0.4) is 0 Å². The molecule has 0 bridgehead atoms. The molecule has 0 aliphatic carbocycles. The van der Waals surface area contributed by atoms with Gasteiger partial charge in [-0.25, -0.2) is 0 Å². The summed E-state index contributed by atoms with van der Waals surface area (Å²) in [5.41, 5.74) is 0. The summed E-state index contributed by atoms with van der Waals surface area (Å²) in [4.78, 5) is 18.9. The molecule has 0 aromatic heterocycles. The van der Waals surface area contributed by atoms with Crippen LogP contribution in [0.4, 0.5) is 0 Å². The molecule has 2 nitrogen and oxygen atoms in total. The molecule has 3 heteroatoms. The zero-order valence-electron chi connectivity index (χ0n) is 7.64. The Balaban J connectivity index is 3.43. The fraction of sp³-hybridized carbons (Fsp3) is 1.00. The van der Waals surface area contributed by atoms with E-state index in [1.54, 1.807) is 0 Å². The molecule has 0 aliphatic heterocycles. The molecule has 0 radical (unpaired) electrons. The third kappa shape index (κ3) is 6.53. The maximum absolute atomic E-state index is 9.47. The van der Waals surface area contributed by atoms with Crippen LogP contribution in [0.1, 0.15) is 39.5 Å². The Kier molecular flexibility index (Phi) is 5.82. The highest BCUT2D eigenvalue weighted by Gasteiger charge is 2.26. The van der Waals surface area contributed by atoms with Crippen molar-refractivity contribution in [3.63, 3.8) is 0 Å². The molecule has 0 unspecified atom stereocenters. The van der Waals surface area contributed by atoms with E-state index < -0.39 is 8.56 Å². The van der Waals surface area contributed by atoms with Crippen molar-refractivity contribution in [1.82, 2.24) is 0 Å². The molecule has 0 saturated carbocycles. The Morgan fingerprint density at radius 3 is 1.55 bits per heavy atom. The van der Waals surface area contributed by atoms with Gasteiger partial charge in [0.1, 0.15) is 0 Å². The van der Waals surface area contributed by atoms with E-state index in [9.17, 15) is 9.59 Å². The van der Waals surface area contributed by atoms with Crippen LogP contribution in [0.25, 0.3) is 0 Å². The largest absolute Gasteiger partial charge is 0.411 e. The highest BCUT2D eigenvalue weighted by atomic mass is 28.4. The first-order chi connectivity index (χ1) is 5.12. The lowest BCUT2D eigenvalue weighted by Crippen LogP contribution is -2.33. The minimum Gasteiger partial charge on any atom is -0.411 e. The average Bonchev–Trinajstić information content (AvgIpc) is 1.97. The summed E-state index contributed by atoms with van der Waals surface area (Å²) < 4.78 is 0. The zero-order chi connectivity index (χ0) is 8.74. The van der Waals surface area contributed by atoms with Crippen LogP contribution < -0.4 is 0 Å². The first kappa shape index (κ1) is 11.1. The van der Waals surface area contributed by atoms with E-state index in [2.05, 4.69) is 13.8 Å². The Bertz CT molecular complexity index is 84.1. The van der Waals surface area contributed by atoms with Gasteiger partial charge in [-0.1, -0.05) is 39.5 Å². The van der Waals surface area contributed by atoms with Crippen LogP contribution in [0.15, 0.2) is 0 Å². The van der Waals surface area contributed by atoms with E-state index in [1.165, 1.54) is 0 Å². The van der Waals surface area contributed by atoms with E-state index in [0.29, 0.717) is 12.1 Å². The third-order valence-corrected chi connectivity index (χ3v) is 4.17. The average molecular weight is 176 g/mol. The van der Waals surface area contributed by atoms with E-state index in [4.69, 9.17) is 0 Å². The standard InChI is InChI=1S/C8H20O2Si/c1-3-5-7-11(9,10)8-6-4-2/h9-10H,3-8H2,1-2H3. The van der Waals surface area contributed by atoms with E-state index >= 15 is 0 Å². The molecule has 0 aliphatic rings. The van der Waals surface area contributed by atoms with Crippen molar-refractivity contribution in [3.05, 3.63) is 0 Å². The SMILES string of the molecule is CCCC[Si](O)(O)CCCC.